The maximum atomic E-state index is 11.6. The lowest BCUT2D eigenvalue weighted by Gasteiger charge is -2.38. The fourth-order valence-electron chi connectivity index (χ4n) is 3.70. The van der Waals surface area contributed by atoms with Gasteiger partial charge in [-0.25, -0.2) is 9.78 Å². The second-order valence-corrected chi connectivity index (χ2v) is 7.49. The van der Waals surface area contributed by atoms with Crippen molar-refractivity contribution in [2.45, 2.75) is 91.3 Å². The zero-order valence-electron chi connectivity index (χ0n) is 17.5. The molecule has 0 aromatic carbocycles. The first-order valence-electron chi connectivity index (χ1n) is 10.2. The average molecular weight is 367 g/mol. The van der Waals surface area contributed by atoms with Crippen LogP contribution in [0.4, 0.5) is 0 Å². The normalized spacial score (nSPS) is 25.8. The van der Waals surface area contributed by atoms with Crippen LogP contribution in [-0.2, 0) is 19.3 Å². The molecule has 4 heteroatoms. The molecule has 0 saturated heterocycles. The van der Waals surface area contributed by atoms with Crippen molar-refractivity contribution < 1.29 is 19.3 Å². The summed E-state index contributed by atoms with van der Waals surface area (Å²) in [4.78, 5) is 23.1. The number of rotatable bonds is 11. The molecule has 0 amide bonds. The maximum Gasteiger partial charge on any atom is 0.308 e. The molecule has 0 radical (unpaired) electrons. The highest BCUT2D eigenvalue weighted by Crippen LogP contribution is 2.37. The molecule has 26 heavy (non-hydrogen) atoms. The third-order valence-corrected chi connectivity index (χ3v) is 5.35. The van der Waals surface area contributed by atoms with E-state index in [-0.39, 0.29) is 18.5 Å². The largest absolute Gasteiger partial charge is 0.469 e. The number of hydrogen-bond acceptors (Lipinski definition) is 4. The molecule has 0 saturated carbocycles. The Morgan fingerprint density at radius 2 is 2.08 bits per heavy atom. The van der Waals surface area contributed by atoms with Crippen LogP contribution in [-0.4, -0.2) is 24.8 Å². The minimum atomic E-state index is -0.399. The Bertz CT molecular complexity index is 483. The Morgan fingerprint density at radius 3 is 2.62 bits per heavy atom. The summed E-state index contributed by atoms with van der Waals surface area (Å²) in [6.45, 7) is 10.9. The van der Waals surface area contributed by atoms with E-state index >= 15 is 0 Å². The van der Waals surface area contributed by atoms with Crippen molar-refractivity contribution in [3.05, 3.63) is 23.8 Å². The molecule has 0 fully saturated rings. The monoisotopic (exact) mass is 366 g/mol. The smallest absolute Gasteiger partial charge is 0.308 e. The molecule has 0 bridgehead atoms. The summed E-state index contributed by atoms with van der Waals surface area (Å²) in [5.41, 5.74) is 0.734. The van der Waals surface area contributed by atoms with E-state index < -0.39 is 5.60 Å². The van der Waals surface area contributed by atoms with E-state index in [4.69, 9.17) is 14.5 Å². The molecule has 1 aliphatic heterocycles. The van der Waals surface area contributed by atoms with Gasteiger partial charge in [-0.15, -0.1) is 0 Å². The summed E-state index contributed by atoms with van der Waals surface area (Å²) in [6, 6.07) is 0. The first-order valence-corrected chi connectivity index (χ1v) is 10.2. The van der Waals surface area contributed by atoms with Gasteiger partial charge in [0.1, 0.15) is 11.7 Å². The molecule has 0 spiro atoms. The van der Waals surface area contributed by atoms with Gasteiger partial charge in [0, 0.05) is 0 Å². The van der Waals surface area contributed by atoms with Crippen LogP contribution in [0.1, 0.15) is 79.6 Å². The lowest BCUT2D eigenvalue weighted by atomic mass is 9.81. The summed E-state index contributed by atoms with van der Waals surface area (Å²) in [5.74, 6) is 0.866. The van der Waals surface area contributed by atoms with E-state index in [2.05, 4.69) is 52.8 Å². The molecule has 4 unspecified atom stereocenters. The number of ether oxygens (including phenoxy) is 1. The number of carbonyl (C=O) groups excluding carboxylic acids is 1. The summed E-state index contributed by atoms with van der Waals surface area (Å²) in [7, 11) is 1.40. The van der Waals surface area contributed by atoms with Crippen LogP contribution in [0, 0.1) is 11.8 Å². The molecule has 4 nitrogen and oxygen atoms in total. The highest BCUT2D eigenvalue weighted by molar-refractivity contribution is 5.70. The van der Waals surface area contributed by atoms with Crippen molar-refractivity contribution in [2.24, 2.45) is 11.8 Å². The van der Waals surface area contributed by atoms with Crippen molar-refractivity contribution in [1.82, 2.24) is 0 Å². The fourth-order valence-corrected chi connectivity index (χ4v) is 3.70. The lowest BCUT2D eigenvalue weighted by molar-refractivity contribution is -0.378. The van der Waals surface area contributed by atoms with Gasteiger partial charge in [0.25, 0.3) is 0 Å². The Kier molecular flexibility index (Phi) is 10.2. The van der Waals surface area contributed by atoms with Gasteiger partial charge in [-0.05, 0) is 62.0 Å². The molecule has 1 rings (SSSR count). The Balaban J connectivity index is 2.82. The molecule has 0 aromatic heterocycles. The summed E-state index contributed by atoms with van der Waals surface area (Å²) >= 11 is 0. The molecular formula is C22H38O4. The van der Waals surface area contributed by atoms with Gasteiger partial charge < -0.3 is 4.74 Å². The SMILES string of the molecule is CC/C=C/C(CC)CC(C)CC1(CC)C=C(CC)C(CC(=O)OC)OO1. The second kappa shape index (κ2) is 11.6. The van der Waals surface area contributed by atoms with Gasteiger partial charge >= 0.3 is 5.97 Å². The number of methoxy groups -OCH3 is 1. The van der Waals surface area contributed by atoms with Crippen LogP contribution in [0.2, 0.25) is 0 Å². The van der Waals surface area contributed by atoms with Crippen LogP contribution in [0.25, 0.3) is 0 Å². The molecule has 4 atom stereocenters. The van der Waals surface area contributed by atoms with Crippen LogP contribution >= 0.6 is 0 Å². The van der Waals surface area contributed by atoms with Crippen LogP contribution in [0.3, 0.4) is 0 Å². The lowest BCUT2D eigenvalue weighted by Crippen LogP contribution is -2.40. The molecule has 1 heterocycles. The van der Waals surface area contributed by atoms with Crippen molar-refractivity contribution >= 4 is 5.97 Å². The Morgan fingerprint density at radius 1 is 1.35 bits per heavy atom. The summed E-state index contributed by atoms with van der Waals surface area (Å²) < 4.78 is 4.77. The first-order chi connectivity index (χ1) is 12.4. The fraction of sp³-hybridized carbons (Fsp3) is 0.773. The summed E-state index contributed by atoms with van der Waals surface area (Å²) in [5, 5.41) is 0. The standard InChI is InChI=1S/C22H38O4/c1-7-11-12-18(8-2)13-17(5)15-22(10-4)16-19(9-3)20(25-26-22)14-21(23)24-6/h11-12,16-18,20H,7-10,13-15H2,1-6H3/b12-11+. The third-order valence-electron chi connectivity index (χ3n) is 5.35. The predicted octanol–water partition coefficient (Wildman–Crippen LogP) is 5.77. The van der Waals surface area contributed by atoms with Gasteiger partial charge in [-0.1, -0.05) is 46.8 Å². The van der Waals surface area contributed by atoms with E-state index in [0.29, 0.717) is 11.8 Å². The predicted molar refractivity (Wildman–Crippen MR) is 106 cm³/mol. The van der Waals surface area contributed by atoms with E-state index in [1.165, 1.54) is 7.11 Å². The van der Waals surface area contributed by atoms with Crippen LogP contribution in [0.15, 0.2) is 23.8 Å². The van der Waals surface area contributed by atoms with E-state index in [1.54, 1.807) is 0 Å². The number of allylic oxidation sites excluding steroid dienone is 2. The molecule has 0 N–H and O–H groups in total. The highest BCUT2D eigenvalue weighted by Gasteiger charge is 2.38. The number of carbonyl (C=O) groups is 1. The minimum absolute atomic E-state index is 0.200. The quantitative estimate of drug-likeness (QED) is 0.264. The molecule has 0 aromatic rings. The van der Waals surface area contributed by atoms with Crippen LogP contribution in [0.5, 0.6) is 0 Å². The second-order valence-electron chi connectivity index (χ2n) is 7.49. The Labute approximate surface area is 159 Å². The Hall–Kier alpha value is -1.13. The van der Waals surface area contributed by atoms with E-state index in [0.717, 1.165) is 44.1 Å². The van der Waals surface area contributed by atoms with Crippen molar-refractivity contribution in [3.63, 3.8) is 0 Å². The number of esters is 1. The summed E-state index contributed by atoms with van der Waals surface area (Å²) in [6.07, 6.45) is 12.7. The zero-order chi connectivity index (χ0) is 19.6. The average Bonchev–Trinajstić information content (AvgIpc) is 2.66. The van der Waals surface area contributed by atoms with Crippen molar-refractivity contribution in [2.75, 3.05) is 7.11 Å². The highest BCUT2D eigenvalue weighted by atomic mass is 17.2. The molecule has 1 aliphatic rings. The molecule has 0 aliphatic carbocycles. The van der Waals surface area contributed by atoms with E-state index in [9.17, 15) is 4.79 Å². The number of hydrogen-bond donors (Lipinski definition) is 0. The van der Waals surface area contributed by atoms with Crippen LogP contribution < -0.4 is 0 Å². The van der Waals surface area contributed by atoms with Gasteiger partial charge in [0.05, 0.1) is 13.5 Å². The first kappa shape index (κ1) is 22.9. The maximum absolute atomic E-state index is 11.6. The third kappa shape index (κ3) is 6.88. The van der Waals surface area contributed by atoms with Gasteiger partial charge in [-0.3, -0.25) is 4.79 Å². The molecule has 150 valence electrons. The molecular weight excluding hydrogens is 328 g/mol. The minimum Gasteiger partial charge on any atom is -0.469 e. The van der Waals surface area contributed by atoms with E-state index in [1.807, 2.05) is 0 Å². The van der Waals surface area contributed by atoms with Crippen molar-refractivity contribution in [3.8, 4) is 0 Å². The van der Waals surface area contributed by atoms with Crippen molar-refractivity contribution in [1.29, 1.82) is 0 Å². The topological polar surface area (TPSA) is 44.8 Å². The van der Waals surface area contributed by atoms with Gasteiger partial charge in [0.2, 0.25) is 0 Å². The van der Waals surface area contributed by atoms with Gasteiger partial charge in [-0.2, -0.15) is 0 Å². The van der Waals surface area contributed by atoms with Gasteiger partial charge in [0.15, 0.2) is 0 Å². The zero-order valence-corrected chi connectivity index (χ0v) is 17.5.